The number of aromatic nitrogens is 2. The van der Waals surface area contributed by atoms with Crippen LogP contribution in [0.5, 0.6) is 0 Å². The van der Waals surface area contributed by atoms with Crippen molar-refractivity contribution in [2.45, 2.75) is 19.9 Å². The van der Waals surface area contributed by atoms with E-state index in [1.807, 2.05) is 10.7 Å². The van der Waals surface area contributed by atoms with Crippen molar-refractivity contribution in [2.75, 3.05) is 6.54 Å². The maximum absolute atomic E-state index is 5.49. The number of hydrogen-bond donors (Lipinski definition) is 1. The summed E-state index contributed by atoms with van der Waals surface area (Å²) in [4.78, 5) is 0. The Morgan fingerprint density at radius 1 is 1.75 bits per heavy atom. The van der Waals surface area contributed by atoms with Gasteiger partial charge in [0.15, 0.2) is 0 Å². The molecule has 0 aliphatic rings. The average Bonchev–Trinajstić information content (AvgIpc) is 2.50. The van der Waals surface area contributed by atoms with Gasteiger partial charge in [-0.25, -0.2) is 0 Å². The van der Waals surface area contributed by atoms with Crippen LogP contribution in [0.1, 0.15) is 25.6 Å². The van der Waals surface area contributed by atoms with E-state index in [4.69, 9.17) is 5.73 Å². The topological polar surface area (TPSA) is 43.8 Å². The van der Waals surface area contributed by atoms with Gasteiger partial charge in [0, 0.05) is 18.8 Å². The van der Waals surface area contributed by atoms with Crippen LogP contribution in [0.4, 0.5) is 0 Å². The van der Waals surface area contributed by atoms with E-state index in [0.717, 1.165) is 11.3 Å². The first-order valence-electron chi connectivity index (χ1n) is 4.08. The van der Waals surface area contributed by atoms with E-state index in [0.29, 0.717) is 12.6 Å². The highest BCUT2D eigenvalue weighted by molar-refractivity contribution is 5.61. The van der Waals surface area contributed by atoms with Crippen molar-refractivity contribution in [2.24, 2.45) is 5.73 Å². The third kappa shape index (κ3) is 1.56. The van der Waals surface area contributed by atoms with Gasteiger partial charge < -0.3 is 5.73 Å². The zero-order valence-corrected chi connectivity index (χ0v) is 7.62. The molecule has 0 fully saturated rings. The molecule has 0 spiro atoms. The zero-order chi connectivity index (χ0) is 9.14. The predicted octanol–water partition coefficient (Wildman–Crippen LogP) is 1.44. The Morgan fingerprint density at radius 3 is 2.92 bits per heavy atom. The van der Waals surface area contributed by atoms with Gasteiger partial charge in [-0.3, -0.25) is 4.68 Å². The summed E-state index contributed by atoms with van der Waals surface area (Å²) < 4.78 is 1.93. The smallest absolute Gasteiger partial charge is 0.0651 e. The summed E-state index contributed by atoms with van der Waals surface area (Å²) in [5, 5.41) is 4.18. The van der Waals surface area contributed by atoms with Gasteiger partial charge in [-0.15, -0.1) is 0 Å². The summed E-state index contributed by atoms with van der Waals surface area (Å²) in [5.74, 6) is 0. The summed E-state index contributed by atoms with van der Waals surface area (Å²) in [6, 6.07) is 2.30. The summed E-state index contributed by atoms with van der Waals surface area (Å²) >= 11 is 0. The van der Waals surface area contributed by atoms with Gasteiger partial charge in [0.2, 0.25) is 0 Å². The molecule has 1 heterocycles. The summed E-state index contributed by atoms with van der Waals surface area (Å²) in [5.41, 5.74) is 7.46. The predicted molar refractivity (Wildman–Crippen MR) is 50.7 cm³/mol. The Balaban J connectivity index is 2.99. The van der Waals surface area contributed by atoms with E-state index in [-0.39, 0.29) is 0 Å². The fraction of sp³-hybridized carbons (Fsp3) is 0.444. The molecule has 0 bridgehead atoms. The summed E-state index contributed by atoms with van der Waals surface area (Å²) in [6.07, 6.45) is 1.77. The maximum Gasteiger partial charge on any atom is 0.0651 e. The van der Waals surface area contributed by atoms with Crippen LogP contribution >= 0.6 is 0 Å². The van der Waals surface area contributed by atoms with Gasteiger partial charge in [-0.1, -0.05) is 6.58 Å². The summed E-state index contributed by atoms with van der Waals surface area (Å²) in [7, 11) is 0. The number of rotatable bonds is 3. The summed E-state index contributed by atoms with van der Waals surface area (Å²) in [6.45, 7) is 8.52. The number of nitrogens with two attached hydrogens (primary N) is 1. The van der Waals surface area contributed by atoms with Gasteiger partial charge in [0.1, 0.15) is 0 Å². The molecule has 3 heteroatoms. The number of hydrogen-bond acceptors (Lipinski definition) is 2. The first-order chi connectivity index (χ1) is 5.66. The lowest BCUT2D eigenvalue weighted by molar-refractivity contribution is 0.526. The molecule has 66 valence electrons. The van der Waals surface area contributed by atoms with Gasteiger partial charge in [0.05, 0.1) is 5.69 Å². The van der Waals surface area contributed by atoms with Crippen LogP contribution < -0.4 is 5.73 Å². The molecule has 3 nitrogen and oxygen atoms in total. The fourth-order valence-electron chi connectivity index (χ4n) is 1.11. The molecule has 12 heavy (non-hydrogen) atoms. The first-order valence-corrected chi connectivity index (χ1v) is 4.08. The van der Waals surface area contributed by atoms with Crippen molar-refractivity contribution in [1.29, 1.82) is 0 Å². The minimum Gasteiger partial charge on any atom is -0.326 e. The molecular formula is C9H15N3. The SMILES string of the molecule is C=C(CN)c1ccnn1C(C)C. The molecule has 0 amide bonds. The van der Waals surface area contributed by atoms with Crippen LogP contribution in [0.3, 0.4) is 0 Å². The second-order valence-corrected chi connectivity index (χ2v) is 3.06. The van der Waals surface area contributed by atoms with E-state index in [1.165, 1.54) is 0 Å². The Hall–Kier alpha value is -1.09. The minimum absolute atomic E-state index is 0.360. The zero-order valence-electron chi connectivity index (χ0n) is 7.62. The van der Waals surface area contributed by atoms with Crippen LogP contribution in [-0.2, 0) is 0 Å². The number of nitrogens with zero attached hydrogens (tertiary/aromatic N) is 2. The average molecular weight is 165 g/mol. The largest absolute Gasteiger partial charge is 0.326 e. The molecule has 0 radical (unpaired) electrons. The second kappa shape index (κ2) is 3.54. The monoisotopic (exact) mass is 165 g/mol. The molecule has 1 aromatic rings. The van der Waals surface area contributed by atoms with E-state index >= 15 is 0 Å². The Morgan fingerprint density at radius 2 is 2.42 bits per heavy atom. The lowest BCUT2D eigenvalue weighted by atomic mass is 10.2. The van der Waals surface area contributed by atoms with Crippen LogP contribution in [0.2, 0.25) is 0 Å². The highest BCUT2D eigenvalue weighted by Crippen LogP contribution is 2.14. The Labute approximate surface area is 72.9 Å². The molecule has 2 N–H and O–H groups in total. The second-order valence-electron chi connectivity index (χ2n) is 3.06. The molecule has 0 aliphatic carbocycles. The van der Waals surface area contributed by atoms with Crippen molar-refractivity contribution < 1.29 is 0 Å². The third-order valence-electron chi connectivity index (χ3n) is 1.77. The molecule has 1 aromatic heterocycles. The molecule has 0 aliphatic heterocycles. The molecule has 0 saturated heterocycles. The molecular weight excluding hydrogens is 150 g/mol. The van der Waals surface area contributed by atoms with Gasteiger partial charge in [-0.2, -0.15) is 5.10 Å². The van der Waals surface area contributed by atoms with E-state index < -0.39 is 0 Å². The molecule has 1 rings (SSSR count). The van der Waals surface area contributed by atoms with Crippen molar-refractivity contribution in [3.8, 4) is 0 Å². The Bertz CT molecular complexity index is 273. The van der Waals surface area contributed by atoms with Crippen LogP contribution in [0.15, 0.2) is 18.8 Å². The van der Waals surface area contributed by atoms with E-state index in [2.05, 4.69) is 25.5 Å². The lowest BCUT2D eigenvalue weighted by Gasteiger charge is -2.11. The van der Waals surface area contributed by atoms with Crippen LogP contribution in [0, 0.1) is 0 Å². The van der Waals surface area contributed by atoms with Gasteiger partial charge >= 0.3 is 0 Å². The minimum atomic E-state index is 0.360. The van der Waals surface area contributed by atoms with E-state index in [9.17, 15) is 0 Å². The standard InChI is InChI=1S/C9H15N3/c1-7(2)12-9(4-5-11-12)8(3)6-10/h4-5,7H,3,6,10H2,1-2H3. The first kappa shape index (κ1) is 9.00. The van der Waals surface area contributed by atoms with E-state index in [1.54, 1.807) is 6.20 Å². The van der Waals surface area contributed by atoms with Crippen molar-refractivity contribution in [3.63, 3.8) is 0 Å². The molecule has 0 atom stereocenters. The quantitative estimate of drug-likeness (QED) is 0.736. The van der Waals surface area contributed by atoms with Gasteiger partial charge in [0.25, 0.3) is 0 Å². The molecule has 0 aromatic carbocycles. The highest BCUT2D eigenvalue weighted by Gasteiger charge is 2.06. The van der Waals surface area contributed by atoms with Crippen molar-refractivity contribution >= 4 is 5.57 Å². The maximum atomic E-state index is 5.49. The Kier molecular flexibility index (Phi) is 2.65. The van der Waals surface area contributed by atoms with Crippen LogP contribution in [0.25, 0.3) is 5.57 Å². The normalized spacial score (nSPS) is 10.7. The molecule has 0 saturated carbocycles. The van der Waals surface area contributed by atoms with Crippen molar-refractivity contribution in [1.82, 2.24) is 9.78 Å². The lowest BCUT2D eigenvalue weighted by Crippen LogP contribution is -2.10. The van der Waals surface area contributed by atoms with Crippen LogP contribution in [-0.4, -0.2) is 16.3 Å². The van der Waals surface area contributed by atoms with Gasteiger partial charge in [-0.05, 0) is 25.5 Å². The third-order valence-corrected chi connectivity index (χ3v) is 1.77. The fourth-order valence-corrected chi connectivity index (χ4v) is 1.11. The molecule has 0 unspecified atom stereocenters. The highest BCUT2D eigenvalue weighted by atomic mass is 15.3. The van der Waals surface area contributed by atoms with Crippen molar-refractivity contribution in [3.05, 3.63) is 24.5 Å².